The Bertz CT molecular complexity index is 809. The van der Waals surface area contributed by atoms with Gasteiger partial charge in [0.15, 0.2) is 0 Å². The van der Waals surface area contributed by atoms with Crippen molar-refractivity contribution in [2.45, 2.75) is 32.7 Å². The minimum Gasteiger partial charge on any atom is -0.364 e. The largest absolute Gasteiger partial charge is 0.364 e. The molecule has 2 heterocycles. The van der Waals surface area contributed by atoms with E-state index in [1.54, 1.807) is 0 Å². The fraction of sp³-hybridized carbons (Fsp3) is 0.316. The first kappa shape index (κ1) is 16.0. The molecular weight excluding hydrogens is 300 g/mol. The molecule has 0 spiro atoms. The van der Waals surface area contributed by atoms with Crippen molar-refractivity contribution in [3.8, 4) is 6.07 Å². The summed E-state index contributed by atoms with van der Waals surface area (Å²) in [6.45, 7) is 4.70. The summed E-state index contributed by atoms with van der Waals surface area (Å²) in [4.78, 5) is 18.1. The van der Waals surface area contributed by atoms with Crippen LogP contribution in [-0.2, 0) is 4.79 Å². The van der Waals surface area contributed by atoms with E-state index < -0.39 is 0 Å². The molecule has 0 bridgehead atoms. The number of nitriles is 1. The summed E-state index contributed by atoms with van der Waals surface area (Å²) in [6.07, 6.45) is 1.54. The molecule has 1 aliphatic rings. The SMILES string of the molecule is Cc1ccc(NC(C)c2cccc(N3CCCC3=O)c2)nc1C#N. The van der Waals surface area contributed by atoms with Gasteiger partial charge >= 0.3 is 0 Å². The van der Waals surface area contributed by atoms with Gasteiger partial charge in [0.05, 0.1) is 6.04 Å². The molecule has 1 aromatic heterocycles. The Kier molecular flexibility index (Phi) is 4.48. The number of amides is 1. The molecule has 5 heteroatoms. The van der Waals surface area contributed by atoms with Crippen molar-refractivity contribution in [3.05, 3.63) is 53.2 Å². The lowest BCUT2D eigenvalue weighted by atomic mass is 10.1. The number of rotatable bonds is 4. The van der Waals surface area contributed by atoms with Crippen LogP contribution in [0.25, 0.3) is 0 Å². The maximum atomic E-state index is 11.9. The molecule has 1 N–H and O–H groups in total. The lowest BCUT2D eigenvalue weighted by Gasteiger charge is -2.20. The number of pyridine rings is 1. The molecule has 1 amide bonds. The van der Waals surface area contributed by atoms with Crippen LogP contribution in [0.4, 0.5) is 11.5 Å². The van der Waals surface area contributed by atoms with Crippen molar-refractivity contribution in [2.75, 3.05) is 16.8 Å². The fourth-order valence-corrected chi connectivity index (χ4v) is 2.91. The molecule has 122 valence electrons. The number of hydrogen-bond acceptors (Lipinski definition) is 4. The van der Waals surface area contributed by atoms with Gasteiger partial charge in [0, 0.05) is 18.7 Å². The zero-order valence-corrected chi connectivity index (χ0v) is 13.9. The molecule has 0 aliphatic carbocycles. The number of aryl methyl sites for hydroxylation is 1. The average molecular weight is 320 g/mol. The minimum absolute atomic E-state index is 0.0180. The van der Waals surface area contributed by atoms with Gasteiger partial charge in [-0.25, -0.2) is 4.98 Å². The van der Waals surface area contributed by atoms with Gasteiger partial charge in [-0.1, -0.05) is 18.2 Å². The number of aromatic nitrogens is 1. The van der Waals surface area contributed by atoms with E-state index in [-0.39, 0.29) is 11.9 Å². The lowest BCUT2D eigenvalue weighted by molar-refractivity contribution is -0.117. The molecule has 1 unspecified atom stereocenters. The summed E-state index contributed by atoms with van der Waals surface area (Å²) >= 11 is 0. The quantitative estimate of drug-likeness (QED) is 0.935. The topological polar surface area (TPSA) is 69.0 Å². The van der Waals surface area contributed by atoms with E-state index in [4.69, 9.17) is 5.26 Å². The third-order valence-electron chi connectivity index (χ3n) is 4.32. The summed E-state index contributed by atoms with van der Waals surface area (Å²) in [6, 6.07) is 13.9. The molecule has 2 aromatic rings. The van der Waals surface area contributed by atoms with Gasteiger partial charge < -0.3 is 10.2 Å². The average Bonchev–Trinajstić information content (AvgIpc) is 3.02. The van der Waals surface area contributed by atoms with E-state index in [1.807, 2.05) is 55.1 Å². The third-order valence-corrected chi connectivity index (χ3v) is 4.32. The Hall–Kier alpha value is -2.87. The minimum atomic E-state index is 0.0180. The monoisotopic (exact) mass is 320 g/mol. The molecule has 1 fully saturated rings. The zero-order valence-electron chi connectivity index (χ0n) is 13.9. The van der Waals surface area contributed by atoms with Crippen LogP contribution in [0.1, 0.15) is 42.6 Å². The van der Waals surface area contributed by atoms with Crippen molar-refractivity contribution in [2.24, 2.45) is 0 Å². The molecule has 1 aliphatic heterocycles. The lowest BCUT2D eigenvalue weighted by Crippen LogP contribution is -2.23. The van der Waals surface area contributed by atoms with Crippen molar-refractivity contribution in [1.82, 2.24) is 4.98 Å². The Labute approximate surface area is 141 Å². The van der Waals surface area contributed by atoms with Crippen LogP contribution >= 0.6 is 0 Å². The Balaban J connectivity index is 1.79. The zero-order chi connectivity index (χ0) is 17.1. The smallest absolute Gasteiger partial charge is 0.227 e. The third kappa shape index (κ3) is 3.23. The second-order valence-electron chi connectivity index (χ2n) is 6.08. The highest BCUT2D eigenvalue weighted by atomic mass is 16.2. The van der Waals surface area contributed by atoms with Crippen molar-refractivity contribution >= 4 is 17.4 Å². The summed E-state index contributed by atoms with van der Waals surface area (Å²) in [7, 11) is 0. The summed E-state index contributed by atoms with van der Waals surface area (Å²) in [5.74, 6) is 0.860. The molecular formula is C19H20N4O. The highest BCUT2D eigenvalue weighted by molar-refractivity contribution is 5.95. The molecule has 1 aromatic carbocycles. The van der Waals surface area contributed by atoms with E-state index in [1.165, 1.54) is 0 Å². The highest BCUT2D eigenvalue weighted by Crippen LogP contribution is 2.26. The van der Waals surface area contributed by atoms with Crippen molar-refractivity contribution in [3.63, 3.8) is 0 Å². The maximum Gasteiger partial charge on any atom is 0.227 e. The van der Waals surface area contributed by atoms with Crippen LogP contribution in [0, 0.1) is 18.3 Å². The van der Waals surface area contributed by atoms with Gasteiger partial charge in [-0.15, -0.1) is 0 Å². The predicted molar refractivity (Wildman–Crippen MR) is 93.8 cm³/mol. The molecule has 0 saturated carbocycles. The summed E-state index contributed by atoms with van der Waals surface area (Å²) in [5.41, 5.74) is 3.32. The standard InChI is InChI=1S/C19H20N4O/c1-13-8-9-18(22-17(13)12-20)21-14(2)15-5-3-6-16(11-15)23-10-4-7-19(23)24/h3,5-6,8-9,11,14H,4,7,10H2,1-2H3,(H,21,22). The van der Waals surface area contributed by atoms with Gasteiger partial charge in [0.2, 0.25) is 5.91 Å². The number of benzene rings is 1. The van der Waals surface area contributed by atoms with Gasteiger partial charge in [0.25, 0.3) is 0 Å². The van der Waals surface area contributed by atoms with Gasteiger partial charge in [-0.05, 0) is 49.6 Å². The van der Waals surface area contributed by atoms with E-state index in [0.717, 1.165) is 29.8 Å². The second-order valence-corrected chi connectivity index (χ2v) is 6.08. The Morgan fingerprint density at radius 3 is 2.88 bits per heavy atom. The molecule has 3 rings (SSSR count). The Morgan fingerprint density at radius 2 is 2.17 bits per heavy atom. The maximum absolute atomic E-state index is 11.9. The first-order valence-electron chi connectivity index (χ1n) is 8.13. The Morgan fingerprint density at radius 1 is 1.33 bits per heavy atom. The number of hydrogen-bond donors (Lipinski definition) is 1. The van der Waals surface area contributed by atoms with Crippen molar-refractivity contribution in [1.29, 1.82) is 5.26 Å². The molecule has 5 nitrogen and oxygen atoms in total. The van der Waals surface area contributed by atoms with Crippen LogP contribution in [0.2, 0.25) is 0 Å². The van der Waals surface area contributed by atoms with Crippen LogP contribution in [0.5, 0.6) is 0 Å². The first-order valence-corrected chi connectivity index (χ1v) is 8.13. The van der Waals surface area contributed by atoms with Crippen LogP contribution < -0.4 is 10.2 Å². The summed E-state index contributed by atoms with van der Waals surface area (Å²) < 4.78 is 0. The van der Waals surface area contributed by atoms with Crippen LogP contribution in [0.15, 0.2) is 36.4 Å². The van der Waals surface area contributed by atoms with Gasteiger partial charge in [-0.2, -0.15) is 5.26 Å². The summed E-state index contributed by atoms with van der Waals surface area (Å²) in [5, 5.41) is 12.4. The molecule has 24 heavy (non-hydrogen) atoms. The number of carbonyl (C=O) groups is 1. The van der Waals surface area contributed by atoms with E-state index in [9.17, 15) is 4.79 Å². The molecule has 1 saturated heterocycles. The normalized spacial score (nSPS) is 15.2. The first-order chi connectivity index (χ1) is 11.6. The predicted octanol–water partition coefficient (Wildman–Crippen LogP) is 3.56. The van der Waals surface area contributed by atoms with Crippen molar-refractivity contribution < 1.29 is 4.79 Å². The number of anilines is 2. The number of nitrogens with zero attached hydrogens (tertiary/aromatic N) is 3. The number of nitrogens with one attached hydrogen (secondary N) is 1. The van der Waals surface area contributed by atoms with Crippen LogP contribution in [0.3, 0.4) is 0 Å². The van der Waals surface area contributed by atoms with E-state index in [2.05, 4.69) is 16.4 Å². The van der Waals surface area contributed by atoms with E-state index in [0.29, 0.717) is 17.9 Å². The van der Waals surface area contributed by atoms with E-state index >= 15 is 0 Å². The van der Waals surface area contributed by atoms with Gasteiger partial charge in [0.1, 0.15) is 17.6 Å². The fourth-order valence-electron chi connectivity index (χ4n) is 2.91. The molecule has 1 atom stereocenters. The second kappa shape index (κ2) is 6.71. The molecule has 0 radical (unpaired) electrons. The van der Waals surface area contributed by atoms with Crippen LogP contribution in [-0.4, -0.2) is 17.4 Å². The van der Waals surface area contributed by atoms with Gasteiger partial charge in [-0.3, -0.25) is 4.79 Å². The number of carbonyl (C=O) groups excluding carboxylic acids is 1. The highest BCUT2D eigenvalue weighted by Gasteiger charge is 2.22.